The Hall–Kier alpha value is -3.97. The molecule has 0 aliphatic heterocycles. The number of ether oxygens (including phenoxy) is 4. The zero-order valence-electron chi connectivity index (χ0n) is 21.1. The Bertz CT molecular complexity index is 1220. The molecule has 4 aromatic rings. The normalized spacial score (nSPS) is 10.8. The highest BCUT2D eigenvalue weighted by molar-refractivity contribution is 5.62. The van der Waals surface area contributed by atoms with Crippen LogP contribution in [0, 0.1) is 0 Å². The van der Waals surface area contributed by atoms with Crippen LogP contribution in [-0.4, -0.2) is 37.0 Å². The molecule has 0 amide bonds. The van der Waals surface area contributed by atoms with Crippen molar-refractivity contribution in [3.8, 4) is 28.5 Å². The number of benzene rings is 3. The van der Waals surface area contributed by atoms with E-state index in [-0.39, 0.29) is 0 Å². The Labute approximate surface area is 212 Å². The van der Waals surface area contributed by atoms with Crippen molar-refractivity contribution in [2.45, 2.75) is 26.6 Å². The predicted octanol–water partition coefficient (Wildman–Crippen LogP) is 5.79. The number of hydrogen-bond donors (Lipinski definition) is 1. The van der Waals surface area contributed by atoms with Gasteiger partial charge in [0.05, 0.1) is 32.2 Å². The van der Waals surface area contributed by atoms with E-state index in [1.54, 1.807) is 14.2 Å². The molecule has 0 unspecified atom stereocenters. The molecule has 0 radical (unpaired) electrons. The summed E-state index contributed by atoms with van der Waals surface area (Å²) in [5.74, 6) is 3.04. The minimum absolute atomic E-state index is 0.473. The molecule has 188 valence electrons. The van der Waals surface area contributed by atoms with Crippen molar-refractivity contribution in [3.63, 3.8) is 0 Å². The number of hydrogen-bond acceptors (Lipinski definition) is 6. The summed E-state index contributed by atoms with van der Waals surface area (Å²) in [6, 6.07) is 24.1. The smallest absolute Gasteiger partial charge is 0.203 e. The minimum Gasteiger partial charge on any atom is -0.494 e. The quantitative estimate of drug-likeness (QED) is 0.257. The van der Waals surface area contributed by atoms with Gasteiger partial charge in [-0.1, -0.05) is 36.4 Å². The van der Waals surface area contributed by atoms with Gasteiger partial charge in [0.2, 0.25) is 5.95 Å². The maximum absolute atomic E-state index is 6.07. The largest absolute Gasteiger partial charge is 0.494 e. The number of aromatic nitrogens is 2. The van der Waals surface area contributed by atoms with E-state index in [1.807, 2.05) is 73.8 Å². The molecule has 0 fully saturated rings. The molecule has 0 saturated carbocycles. The van der Waals surface area contributed by atoms with Gasteiger partial charge in [-0.3, -0.25) is 0 Å². The fourth-order valence-electron chi connectivity index (χ4n) is 3.91. The first kappa shape index (κ1) is 25.1. The van der Waals surface area contributed by atoms with Gasteiger partial charge in [-0.05, 0) is 54.4 Å². The lowest BCUT2D eigenvalue weighted by Gasteiger charge is -2.15. The topological polar surface area (TPSA) is 66.8 Å². The zero-order chi connectivity index (χ0) is 25.2. The van der Waals surface area contributed by atoms with Crippen LogP contribution in [0.2, 0.25) is 0 Å². The van der Waals surface area contributed by atoms with Gasteiger partial charge in [0.1, 0.15) is 12.4 Å². The molecule has 7 heteroatoms. The van der Waals surface area contributed by atoms with Crippen LogP contribution in [-0.2, 0) is 24.4 Å². The van der Waals surface area contributed by atoms with Crippen molar-refractivity contribution in [1.29, 1.82) is 0 Å². The highest BCUT2D eigenvalue weighted by Gasteiger charge is 2.13. The van der Waals surface area contributed by atoms with E-state index in [1.165, 1.54) is 0 Å². The van der Waals surface area contributed by atoms with Crippen molar-refractivity contribution >= 4 is 5.95 Å². The second-order valence-electron chi connectivity index (χ2n) is 8.18. The van der Waals surface area contributed by atoms with E-state index in [0.29, 0.717) is 44.4 Å². The molecule has 1 N–H and O–H groups in total. The van der Waals surface area contributed by atoms with Crippen molar-refractivity contribution in [1.82, 2.24) is 9.55 Å². The summed E-state index contributed by atoms with van der Waals surface area (Å²) in [6.45, 7) is 4.93. The van der Waals surface area contributed by atoms with E-state index in [9.17, 15) is 0 Å². The summed E-state index contributed by atoms with van der Waals surface area (Å²) in [5, 5.41) is 3.47. The van der Waals surface area contributed by atoms with Gasteiger partial charge in [0, 0.05) is 25.8 Å². The third-order valence-electron chi connectivity index (χ3n) is 5.75. The van der Waals surface area contributed by atoms with Crippen LogP contribution in [0.15, 0.2) is 79.0 Å². The van der Waals surface area contributed by atoms with E-state index < -0.39 is 0 Å². The first-order chi connectivity index (χ1) is 17.7. The number of nitrogens with zero attached hydrogens (tertiary/aromatic N) is 2. The molecule has 4 rings (SSSR count). The summed E-state index contributed by atoms with van der Waals surface area (Å²) < 4.78 is 24.6. The minimum atomic E-state index is 0.473. The molecular formula is C29H33N3O4. The first-order valence-corrected chi connectivity index (χ1v) is 12.1. The molecule has 0 aliphatic carbocycles. The van der Waals surface area contributed by atoms with Gasteiger partial charge in [0.15, 0.2) is 11.5 Å². The van der Waals surface area contributed by atoms with Gasteiger partial charge in [-0.15, -0.1) is 0 Å². The summed E-state index contributed by atoms with van der Waals surface area (Å²) in [5.41, 5.74) is 4.24. The lowest BCUT2D eigenvalue weighted by molar-refractivity contribution is 0.188. The number of rotatable bonds is 13. The average Bonchev–Trinajstić information content (AvgIpc) is 3.33. The van der Waals surface area contributed by atoms with Gasteiger partial charge in [-0.25, -0.2) is 4.98 Å². The molecule has 0 saturated heterocycles. The maximum Gasteiger partial charge on any atom is 0.203 e. The zero-order valence-corrected chi connectivity index (χ0v) is 21.1. The lowest BCUT2D eigenvalue weighted by Crippen LogP contribution is -2.12. The van der Waals surface area contributed by atoms with Crippen LogP contribution in [0.25, 0.3) is 11.3 Å². The molecule has 7 nitrogen and oxygen atoms in total. The van der Waals surface area contributed by atoms with Crippen LogP contribution in [0.3, 0.4) is 0 Å². The van der Waals surface area contributed by atoms with Crippen LogP contribution >= 0.6 is 0 Å². The van der Waals surface area contributed by atoms with Gasteiger partial charge >= 0.3 is 0 Å². The molecule has 0 spiro atoms. The fraction of sp³-hybridized carbons (Fsp3) is 0.276. The van der Waals surface area contributed by atoms with E-state index in [2.05, 4.69) is 27.0 Å². The fourth-order valence-corrected chi connectivity index (χ4v) is 3.91. The van der Waals surface area contributed by atoms with Gasteiger partial charge in [-0.2, -0.15) is 0 Å². The highest BCUT2D eigenvalue weighted by Crippen LogP contribution is 2.30. The monoisotopic (exact) mass is 487 g/mol. The van der Waals surface area contributed by atoms with Crippen LogP contribution in [0.4, 0.5) is 5.95 Å². The third kappa shape index (κ3) is 6.37. The standard InChI is InChI=1S/C29H33N3O4/c1-4-35-25-13-11-24(12-14-25)26-20-31-29(32(26)16-17-33-2)30-19-23-10-15-27(34-3)28(18-23)36-21-22-8-6-5-7-9-22/h5-15,18,20H,4,16-17,19,21H2,1-3H3,(H,30,31). The molecular weight excluding hydrogens is 454 g/mol. The number of anilines is 1. The van der Waals surface area contributed by atoms with Crippen molar-refractivity contribution < 1.29 is 18.9 Å². The molecule has 0 atom stereocenters. The van der Waals surface area contributed by atoms with E-state index in [0.717, 1.165) is 34.1 Å². The van der Waals surface area contributed by atoms with Crippen LogP contribution in [0.5, 0.6) is 17.2 Å². The molecule has 1 heterocycles. The van der Waals surface area contributed by atoms with E-state index >= 15 is 0 Å². The van der Waals surface area contributed by atoms with Crippen LogP contribution < -0.4 is 19.5 Å². The predicted molar refractivity (Wildman–Crippen MR) is 142 cm³/mol. The SMILES string of the molecule is CCOc1ccc(-c2cnc(NCc3ccc(OC)c(OCc4ccccc4)c3)n2CCOC)cc1. The maximum atomic E-state index is 6.07. The third-order valence-corrected chi connectivity index (χ3v) is 5.75. The Kier molecular flexibility index (Phi) is 8.83. The Morgan fingerprint density at radius 1 is 0.861 bits per heavy atom. The molecule has 0 aliphatic rings. The Balaban J connectivity index is 1.49. The first-order valence-electron chi connectivity index (χ1n) is 12.1. The molecule has 0 bridgehead atoms. The molecule has 3 aromatic carbocycles. The summed E-state index contributed by atoms with van der Waals surface area (Å²) >= 11 is 0. The van der Waals surface area contributed by atoms with Crippen LogP contribution in [0.1, 0.15) is 18.1 Å². The second-order valence-corrected chi connectivity index (χ2v) is 8.18. The lowest BCUT2D eigenvalue weighted by atomic mass is 10.1. The summed E-state index contributed by atoms with van der Waals surface area (Å²) in [6.07, 6.45) is 1.89. The average molecular weight is 488 g/mol. The number of imidazole rings is 1. The number of nitrogens with one attached hydrogen (secondary N) is 1. The molecule has 36 heavy (non-hydrogen) atoms. The van der Waals surface area contributed by atoms with Crippen molar-refractivity contribution in [3.05, 3.63) is 90.1 Å². The Morgan fingerprint density at radius 2 is 1.67 bits per heavy atom. The molecule has 1 aromatic heterocycles. The van der Waals surface area contributed by atoms with Crippen molar-refractivity contribution in [2.24, 2.45) is 0 Å². The highest BCUT2D eigenvalue weighted by atomic mass is 16.5. The van der Waals surface area contributed by atoms with Crippen molar-refractivity contribution in [2.75, 3.05) is 32.8 Å². The summed E-state index contributed by atoms with van der Waals surface area (Å²) in [4.78, 5) is 4.66. The van der Waals surface area contributed by atoms with Gasteiger partial charge in [0.25, 0.3) is 0 Å². The van der Waals surface area contributed by atoms with E-state index in [4.69, 9.17) is 18.9 Å². The second kappa shape index (κ2) is 12.7. The van der Waals surface area contributed by atoms with Gasteiger partial charge < -0.3 is 28.8 Å². The summed E-state index contributed by atoms with van der Waals surface area (Å²) in [7, 11) is 3.35. The number of methoxy groups -OCH3 is 2. The Morgan fingerprint density at radius 3 is 2.39 bits per heavy atom.